The summed E-state index contributed by atoms with van der Waals surface area (Å²) in [6.45, 7) is 5.04. The molecule has 0 bridgehead atoms. The van der Waals surface area contributed by atoms with Gasteiger partial charge in [-0.15, -0.1) is 0 Å². The van der Waals surface area contributed by atoms with E-state index in [0.29, 0.717) is 12.8 Å². The van der Waals surface area contributed by atoms with E-state index < -0.39 is 42.3 Å². The summed E-state index contributed by atoms with van der Waals surface area (Å²) in [5.41, 5.74) is 5.65. The van der Waals surface area contributed by atoms with Gasteiger partial charge < -0.3 is 25.2 Å². The number of hydrogen-bond acceptors (Lipinski definition) is 7. The van der Waals surface area contributed by atoms with Gasteiger partial charge >= 0.3 is 18.2 Å². The first kappa shape index (κ1) is 29.4. The van der Waals surface area contributed by atoms with Crippen LogP contribution in [0.1, 0.15) is 57.1 Å². The molecule has 0 aliphatic heterocycles. The minimum atomic E-state index is -1.17. The number of ether oxygens (including phenoxy) is 2. The van der Waals surface area contributed by atoms with Crippen LogP contribution in [0, 0.1) is 0 Å². The summed E-state index contributed by atoms with van der Waals surface area (Å²) in [5.74, 6) is -1.76. The van der Waals surface area contributed by atoms with E-state index in [1.807, 2.05) is 54.0 Å². The van der Waals surface area contributed by atoms with Crippen LogP contribution in [0.15, 0.2) is 48.5 Å². The van der Waals surface area contributed by atoms with Gasteiger partial charge in [-0.3, -0.25) is 9.63 Å². The van der Waals surface area contributed by atoms with Crippen molar-refractivity contribution >= 4 is 24.1 Å². The van der Waals surface area contributed by atoms with Gasteiger partial charge in [-0.1, -0.05) is 48.5 Å². The van der Waals surface area contributed by atoms with Gasteiger partial charge in [0.1, 0.15) is 18.2 Å². The Labute approximate surface area is 227 Å². The number of aliphatic carboxylic acids is 1. The third-order valence-corrected chi connectivity index (χ3v) is 5.93. The van der Waals surface area contributed by atoms with Crippen molar-refractivity contribution < 1.29 is 38.6 Å². The number of hydrogen-bond donors (Lipinski definition) is 4. The van der Waals surface area contributed by atoms with Crippen molar-refractivity contribution in [1.82, 2.24) is 16.1 Å². The van der Waals surface area contributed by atoms with Crippen molar-refractivity contribution in [3.05, 3.63) is 59.7 Å². The number of carbonyl (C=O) groups excluding carboxylic acids is 3. The molecule has 1 aliphatic carbocycles. The third kappa shape index (κ3) is 8.99. The molecule has 0 radical (unpaired) electrons. The molecule has 2 aromatic carbocycles. The number of carbonyl (C=O) groups is 4. The third-order valence-electron chi connectivity index (χ3n) is 5.93. The molecule has 0 aromatic heterocycles. The molecule has 0 fully saturated rings. The Bertz CT molecular complexity index is 1130. The van der Waals surface area contributed by atoms with E-state index in [2.05, 4.69) is 10.6 Å². The average Bonchev–Trinajstić information content (AvgIpc) is 3.19. The fourth-order valence-electron chi connectivity index (χ4n) is 4.25. The second-order valence-corrected chi connectivity index (χ2v) is 10.1. The molecular weight excluding hydrogens is 506 g/mol. The van der Waals surface area contributed by atoms with Crippen LogP contribution in [0.4, 0.5) is 9.59 Å². The van der Waals surface area contributed by atoms with Gasteiger partial charge in [0, 0.05) is 12.5 Å². The highest BCUT2D eigenvalue weighted by molar-refractivity contribution is 5.81. The molecule has 3 amide bonds. The van der Waals surface area contributed by atoms with Crippen LogP contribution in [0.25, 0.3) is 11.1 Å². The molecule has 210 valence electrons. The summed E-state index contributed by atoms with van der Waals surface area (Å²) in [4.78, 5) is 52.1. The molecule has 1 atom stereocenters. The number of amides is 3. The summed E-state index contributed by atoms with van der Waals surface area (Å²) in [6, 6.07) is 14.8. The molecule has 0 saturated carbocycles. The maximum absolute atomic E-state index is 12.4. The standard InChI is InChI=1S/C28H35N3O8/c1-28(2,3)39-27(36)31-38-17-24(32)29-15-9-8-14-23(25(33)34)30-26(35)37-16-22-20-12-6-4-10-18(20)19-11-5-7-13-21(19)22/h4-7,10-13,22-23H,8-9,14-17H2,1-3H3,(H,29,32)(H,30,35)(H,31,36)(H,33,34). The second kappa shape index (κ2) is 13.6. The van der Waals surface area contributed by atoms with Gasteiger partial charge in [0.15, 0.2) is 6.61 Å². The normalized spacial score (nSPS) is 13.0. The van der Waals surface area contributed by atoms with Crippen LogP contribution in [-0.4, -0.2) is 60.6 Å². The zero-order valence-electron chi connectivity index (χ0n) is 22.3. The first-order valence-electron chi connectivity index (χ1n) is 12.8. The predicted octanol–water partition coefficient (Wildman–Crippen LogP) is 3.72. The molecule has 0 heterocycles. The fraction of sp³-hybridized carbons (Fsp3) is 0.429. The molecular formula is C28H35N3O8. The van der Waals surface area contributed by atoms with Crippen LogP contribution in [0.5, 0.6) is 0 Å². The Morgan fingerprint density at radius 1 is 0.923 bits per heavy atom. The van der Waals surface area contributed by atoms with E-state index in [0.717, 1.165) is 22.3 Å². The number of unbranched alkanes of at least 4 members (excludes halogenated alkanes) is 1. The van der Waals surface area contributed by atoms with Crippen LogP contribution >= 0.6 is 0 Å². The first-order chi connectivity index (χ1) is 18.5. The average molecular weight is 542 g/mol. The largest absolute Gasteiger partial charge is 0.480 e. The Balaban J connectivity index is 1.35. The maximum Gasteiger partial charge on any atom is 0.431 e. The monoisotopic (exact) mass is 541 g/mol. The van der Waals surface area contributed by atoms with Crippen molar-refractivity contribution in [2.75, 3.05) is 19.8 Å². The first-order valence-corrected chi connectivity index (χ1v) is 12.8. The Hall–Kier alpha value is -4.12. The number of carboxylic acids is 1. The second-order valence-electron chi connectivity index (χ2n) is 10.1. The highest BCUT2D eigenvalue weighted by Gasteiger charge is 2.29. The molecule has 39 heavy (non-hydrogen) atoms. The van der Waals surface area contributed by atoms with Crippen molar-refractivity contribution in [3.8, 4) is 11.1 Å². The number of benzene rings is 2. The fourth-order valence-corrected chi connectivity index (χ4v) is 4.25. The lowest BCUT2D eigenvalue weighted by molar-refractivity contribution is -0.139. The topological polar surface area (TPSA) is 152 Å². The van der Waals surface area contributed by atoms with E-state index in [1.165, 1.54) is 0 Å². The Morgan fingerprint density at radius 2 is 1.54 bits per heavy atom. The lowest BCUT2D eigenvalue weighted by Crippen LogP contribution is -2.41. The minimum absolute atomic E-state index is 0.0864. The number of fused-ring (bicyclic) bond motifs is 3. The quantitative estimate of drug-likeness (QED) is 0.234. The number of carboxylic acid groups (broad SMARTS) is 1. The molecule has 11 heteroatoms. The highest BCUT2D eigenvalue weighted by atomic mass is 16.7. The van der Waals surface area contributed by atoms with Crippen LogP contribution < -0.4 is 16.1 Å². The number of nitrogens with one attached hydrogen (secondary N) is 3. The SMILES string of the molecule is CC(C)(C)OC(=O)NOCC(=O)NCCCCC(NC(=O)OCC1c2ccccc2-c2ccccc21)C(=O)O. The molecule has 1 aliphatic rings. The highest BCUT2D eigenvalue weighted by Crippen LogP contribution is 2.44. The summed E-state index contributed by atoms with van der Waals surface area (Å²) in [5, 5.41) is 14.5. The van der Waals surface area contributed by atoms with Crippen LogP contribution in [-0.2, 0) is 23.9 Å². The van der Waals surface area contributed by atoms with Crippen LogP contribution in [0.3, 0.4) is 0 Å². The van der Waals surface area contributed by atoms with Gasteiger partial charge in [0.2, 0.25) is 5.91 Å². The van der Waals surface area contributed by atoms with Gasteiger partial charge in [-0.05, 0) is 62.3 Å². The van der Waals surface area contributed by atoms with E-state index >= 15 is 0 Å². The predicted molar refractivity (Wildman–Crippen MR) is 142 cm³/mol. The van der Waals surface area contributed by atoms with Gasteiger partial charge in [-0.2, -0.15) is 5.48 Å². The smallest absolute Gasteiger partial charge is 0.431 e. The molecule has 4 N–H and O–H groups in total. The molecule has 0 spiro atoms. The zero-order chi connectivity index (χ0) is 28.4. The van der Waals surface area contributed by atoms with Crippen LogP contribution in [0.2, 0.25) is 0 Å². The molecule has 11 nitrogen and oxygen atoms in total. The van der Waals surface area contributed by atoms with Gasteiger partial charge in [0.05, 0.1) is 0 Å². The summed E-state index contributed by atoms with van der Waals surface area (Å²) >= 11 is 0. The Morgan fingerprint density at radius 3 is 2.13 bits per heavy atom. The molecule has 1 unspecified atom stereocenters. The van der Waals surface area contributed by atoms with E-state index in [4.69, 9.17) is 14.3 Å². The van der Waals surface area contributed by atoms with E-state index in [1.54, 1.807) is 20.8 Å². The number of alkyl carbamates (subject to hydrolysis) is 1. The van der Waals surface area contributed by atoms with Gasteiger partial charge in [0.25, 0.3) is 0 Å². The zero-order valence-corrected chi connectivity index (χ0v) is 22.3. The molecule has 2 aromatic rings. The van der Waals surface area contributed by atoms with Crippen molar-refractivity contribution in [3.63, 3.8) is 0 Å². The van der Waals surface area contributed by atoms with Gasteiger partial charge in [-0.25, -0.2) is 14.4 Å². The van der Waals surface area contributed by atoms with Crippen molar-refractivity contribution in [2.24, 2.45) is 0 Å². The van der Waals surface area contributed by atoms with Crippen molar-refractivity contribution in [1.29, 1.82) is 0 Å². The van der Waals surface area contributed by atoms with E-state index in [9.17, 15) is 24.3 Å². The number of rotatable bonds is 12. The van der Waals surface area contributed by atoms with E-state index in [-0.39, 0.29) is 25.5 Å². The lowest BCUT2D eigenvalue weighted by atomic mass is 9.98. The summed E-state index contributed by atoms with van der Waals surface area (Å²) in [7, 11) is 0. The number of hydroxylamine groups is 1. The summed E-state index contributed by atoms with van der Waals surface area (Å²) < 4.78 is 10.4. The molecule has 0 saturated heterocycles. The summed E-state index contributed by atoms with van der Waals surface area (Å²) in [6.07, 6.45) is -0.545. The minimum Gasteiger partial charge on any atom is -0.480 e. The van der Waals surface area contributed by atoms with Crippen molar-refractivity contribution in [2.45, 2.75) is 57.6 Å². The Kier molecular flexibility index (Phi) is 10.3. The molecule has 3 rings (SSSR count). The maximum atomic E-state index is 12.4. The lowest BCUT2D eigenvalue weighted by Gasteiger charge is -2.19.